The summed E-state index contributed by atoms with van der Waals surface area (Å²) in [6.07, 6.45) is 6.20. The van der Waals surface area contributed by atoms with E-state index >= 15 is 0 Å². The lowest BCUT2D eigenvalue weighted by atomic mass is 10.1. The maximum absolute atomic E-state index is 5.70. The van der Waals surface area contributed by atoms with Crippen molar-refractivity contribution in [3.8, 4) is 5.75 Å². The molecule has 1 heterocycles. The Hall–Kier alpha value is -1.26. The molecule has 4 heteroatoms. The van der Waals surface area contributed by atoms with E-state index in [1.54, 1.807) is 7.11 Å². The summed E-state index contributed by atoms with van der Waals surface area (Å²) < 4.78 is 11.2. The Bertz CT molecular complexity index is 406. The number of para-hydroxylation sites is 2. The molecule has 0 spiro atoms. The fourth-order valence-corrected chi connectivity index (χ4v) is 2.91. The maximum Gasteiger partial charge on any atom is 0.142 e. The van der Waals surface area contributed by atoms with Gasteiger partial charge in [-0.3, -0.25) is 0 Å². The molecule has 4 nitrogen and oxygen atoms in total. The molecular formula is C17H28N2O2. The van der Waals surface area contributed by atoms with Gasteiger partial charge in [0, 0.05) is 19.7 Å². The van der Waals surface area contributed by atoms with Crippen molar-refractivity contribution in [3.05, 3.63) is 24.3 Å². The van der Waals surface area contributed by atoms with Gasteiger partial charge in [0.15, 0.2) is 0 Å². The molecule has 2 N–H and O–H groups in total. The summed E-state index contributed by atoms with van der Waals surface area (Å²) in [5, 5.41) is 0. The Morgan fingerprint density at radius 3 is 2.81 bits per heavy atom. The van der Waals surface area contributed by atoms with E-state index in [-0.39, 0.29) is 0 Å². The fourth-order valence-electron chi connectivity index (χ4n) is 2.91. The van der Waals surface area contributed by atoms with Crippen LogP contribution in [-0.2, 0) is 4.74 Å². The molecular weight excluding hydrogens is 264 g/mol. The minimum atomic E-state index is 0.471. The Labute approximate surface area is 128 Å². The SMILES string of the molecule is COc1ccccc1N(CCCN)CCCC1CCCO1. The summed E-state index contributed by atoms with van der Waals surface area (Å²) in [7, 11) is 1.73. The molecule has 0 aromatic heterocycles. The first kappa shape index (κ1) is 16.1. The molecule has 1 aliphatic rings. The van der Waals surface area contributed by atoms with Crippen molar-refractivity contribution in [1.82, 2.24) is 0 Å². The molecule has 1 unspecified atom stereocenters. The van der Waals surface area contributed by atoms with Crippen LogP contribution in [0.15, 0.2) is 24.3 Å². The molecule has 118 valence electrons. The van der Waals surface area contributed by atoms with Gasteiger partial charge in [-0.1, -0.05) is 12.1 Å². The minimum Gasteiger partial charge on any atom is -0.495 e. The van der Waals surface area contributed by atoms with Gasteiger partial charge in [0.05, 0.1) is 18.9 Å². The number of benzene rings is 1. The highest BCUT2D eigenvalue weighted by molar-refractivity contribution is 5.58. The molecule has 1 aromatic carbocycles. The van der Waals surface area contributed by atoms with Crippen LogP contribution in [0.5, 0.6) is 5.75 Å². The minimum absolute atomic E-state index is 0.471. The van der Waals surface area contributed by atoms with Crippen molar-refractivity contribution < 1.29 is 9.47 Å². The van der Waals surface area contributed by atoms with Gasteiger partial charge in [-0.25, -0.2) is 0 Å². The first-order chi connectivity index (χ1) is 10.3. The van der Waals surface area contributed by atoms with Gasteiger partial charge >= 0.3 is 0 Å². The molecule has 0 saturated carbocycles. The zero-order chi connectivity index (χ0) is 14.9. The molecule has 1 fully saturated rings. The van der Waals surface area contributed by atoms with Crippen molar-refractivity contribution in [2.45, 2.75) is 38.2 Å². The van der Waals surface area contributed by atoms with Gasteiger partial charge < -0.3 is 20.1 Å². The summed E-state index contributed by atoms with van der Waals surface area (Å²) in [5.41, 5.74) is 6.84. The predicted octanol–water partition coefficient (Wildman–Crippen LogP) is 2.81. The number of methoxy groups -OCH3 is 1. The van der Waals surface area contributed by atoms with Crippen molar-refractivity contribution in [3.63, 3.8) is 0 Å². The average Bonchev–Trinajstić information content (AvgIpc) is 3.04. The van der Waals surface area contributed by atoms with E-state index in [0.717, 1.165) is 51.3 Å². The summed E-state index contributed by atoms with van der Waals surface area (Å²) >= 11 is 0. The van der Waals surface area contributed by atoms with Crippen LogP contribution in [0.3, 0.4) is 0 Å². The quantitative estimate of drug-likeness (QED) is 0.760. The summed E-state index contributed by atoms with van der Waals surface area (Å²) in [5.74, 6) is 0.937. The van der Waals surface area contributed by atoms with Gasteiger partial charge in [-0.05, 0) is 50.8 Å². The molecule has 0 radical (unpaired) electrons. The Morgan fingerprint density at radius 1 is 1.29 bits per heavy atom. The lowest BCUT2D eigenvalue weighted by molar-refractivity contribution is 0.103. The molecule has 0 aliphatic carbocycles. The van der Waals surface area contributed by atoms with E-state index in [9.17, 15) is 0 Å². The Balaban J connectivity index is 1.92. The fraction of sp³-hybridized carbons (Fsp3) is 0.647. The Morgan fingerprint density at radius 2 is 2.10 bits per heavy atom. The van der Waals surface area contributed by atoms with Crippen molar-refractivity contribution >= 4 is 5.69 Å². The third-order valence-electron chi connectivity index (χ3n) is 4.04. The second-order valence-corrected chi connectivity index (χ2v) is 5.58. The van der Waals surface area contributed by atoms with Crippen LogP contribution in [0.2, 0.25) is 0 Å². The normalized spacial score (nSPS) is 17.9. The standard InChI is InChI=1S/C17H28N2O2/c1-20-17-10-3-2-9-16(17)19(13-6-11-18)12-4-7-15-8-5-14-21-15/h2-3,9-10,15H,4-8,11-14,18H2,1H3. The summed E-state index contributed by atoms with van der Waals surface area (Å²) in [4.78, 5) is 2.39. The van der Waals surface area contributed by atoms with Crippen LogP contribution in [0.1, 0.15) is 32.1 Å². The van der Waals surface area contributed by atoms with Gasteiger partial charge in [0.1, 0.15) is 5.75 Å². The maximum atomic E-state index is 5.70. The molecule has 1 saturated heterocycles. The third-order valence-corrected chi connectivity index (χ3v) is 4.04. The number of nitrogens with zero attached hydrogens (tertiary/aromatic N) is 1. The predicted molar refractivity (Wildman–Crippen MR) is 87.1 cm³/mol. The highest BCUT2D eigenvalue weighted by Crippen LogP contribution is 2.28. The number of nitrogens with two attached hydrogens (primary N) is 1. The zero-order valence-corrected chi connectivity index (χ0v) is 13.1. The Kier molecular flexibility index (Phi) is 6.83. The number of rotatable bonds is 9. The molecule has 0 bridgehead atoms. The summed E-state index contributed by atoms with van der Waals surface area (Å²) in [6, 6.07) is 8.22. The number of hydrogen-bond acceptors (Lipinski definition) is 4. The summed E-state index contributed by atoms with van der Waals surface area (Å²) in [6.45, 7) is 3.66. The molecule has 21 heavy (non-hydrogen) atoms. The lowest BCUT2D eigenvalue weighted by Crippen LogP contribution is -2.28. The van der Waals surface area contributed by atoms with Crippen molar-refractivity contribution in [2.75, 3.05) is 38.3 Å². The van der Waals surface area contributed by atoms with Crippen LogP contribution in [0.25, 0.3) is 0 Å². The monoisotopic (exact) mass is 292 g/mol. The number of anilines is 1. The van der Waals surface area contributed by atoms with E-state index in [4.69, 9.17) is 15.2 Å². The first-order valence-electron chi connectivity index (χ1n) is 8.04. The van der Waals surface area contributed by atoms with Crippen LogP contribution >= 0.6 is 0 Å². The first-order valence-corrected chi connectivity index (χ1v) is 8.04. The molecule has 1 aromatic rings. The van der Waals surface area contributed by atoms with Gasteiger partial charge in [-0.2, -0.15) is 0 Å². The van der Waals surface area contributed by atoms with E-state index in [1.807, 2.05) is 12.1 Å². The van der Waals surface area contributed by atoms with E-state index < -0.39 is 0 Å². The van der Waals surface area contributed by atoms with E-state index in [0.29, 0.717) is 6.10 Å². The highest BCUT2D eigenvalue weighted by atomic mass is 16.5. The van der Waals surface area contributed by atoms with E-state index in [2.05, 4.69) is 17.0 Å². The van der Waals surface area contributed by atoms with Crippen molar-refractivity contribution in [1.29, 1.82) is 0 Å². The van der Waals surface area contributed by atoms with Crippen molar-refractivity contribution in [2.24, 2.45) is 5.73 Å². The van der Waals surface area contributed by atoms with Crippen LogP contribution in [0, 0.1) is 0 Å². The van der Waals surface area contributed by atoms with Gasteiger partial charge in [0.25, 0.3) is 0 Å². The van der Waals surface area contributed by atoms with E-state index in [1.165, 1.54) is 18.5 Å². The third kappa shape index (κ3) is 4.90. The molecule has 0 amide bonds. The average molecular weight is 292 g/mol. The second-order valence-electron chi connectivity index (χ2n) is 5.58. The van der Waals surface area contributed by atoms with Crippen LogP contribution in [0.4, 0.5) is 5.69 Å². The smallest absolute Gasteiger partial charge is 0.142 e. The molecule has 1 aliphatic heterocycles. The second kappa shape index (κ2) is 8.90. The topological polar surface area (TPSA) is 47.7 Å². The highest BCUT2D eigenvalue weighted by Gasteiger charge is 2.16. The van der Waals surface area contributed by atoms with Gasteiger partial charge in [-0.15, -0.1) is 0 Å². The van der Waals surface area contributed by atoms with Gasteiger partial charge in [0.2, 0.25) is 0 Å². The number of ether oxygens (including phenoxy) is 2. The van der Waals surface area contributed by atoms with Crippen LogP contribution in [-0.4, -0.2) is 39.5 Å². The lowest BCUT2D eigenvalue weighted by Gasteiger charge is -2.27. The van der Waals surface area contributed by atoms with Crippen LogP contribution < -0.4 is 15.4 Å². The zero-order valence-electron chi connectivity index (χ0n) is 13.1. The number of hydrogen-bond donors (Lipinski definition) is 1. The largest absolute Gasteiger partial charge is 0.495 e. The molecule has 2 rings (SSSR count). The molecule has 1 atom stereocenters.